The van der Waals surface area contributed by atoms with Crippen LogP contribution in [-0.4, -0.2) is 54.7 Å². The fourth-order valence-corrected chi connectivity index (χ4v) is 6.30. The lowest BCUT2D eigenvalue weighted by molar-refractivity contribution is 0.0159. The quantitative estimate of drug-likeness (QED) is 0.617. The van der Waals surface area contributed by atoms with E-state index in [1.807, 2.05) is 0 Å². The number of amides is 1. The zero-order chi connectivity index (χ0) is 23.9. The maximum Gasteiger partial charge on any atom is 0.335 e. The number of hydrogen-bond acceptors (Lipinski definition) is 4. The Morgan fingerprint density at radius 2 is 1.97 bits per heavy atom. The number of rotatable bonds is 8. The first kappa shape index (κ1) is 22.9. The summed E-state index contributed by atoms with van der Waals surface area (Å²) in [5, 5.41) is 12.3. The van der Waals surface area contributed by atoms with Crippen LogP contribution in [0, 0.1) is 11.8 Å². The third kappa shape index (κ3) is 4.20. The lowest BCUT2D eigenvalue weighted by atomic mass is 9.56. The Bertz CT molecular complexity index is 1100. The normalized spacial score (nSPS) is 25.9. The van der Waals surface area contributed by atoms with Crippen molar-refractivity contribution >= 4 is 11.9 Å². The Kier molecular flexibility index (Phi) is 6.11. The molecule has 2 bridgehead atoms. The molecule has 0 aromatic heterocycles. The van der Waals surface area contributed by atoms with Crippen LogP contribution in [0.2, 0.25) is 0 Å². The second kappa shape index (κ2) is 9.06. The first-order valence-electron chi connectivity index (χ1n) is 12.4. The molecule has 2 fully saturated rings. The number of carboxylic acid groups (broad SMARTS) is 1. The second-order valence-electron chi connectivity index (χ2n) is 10.3. The van der Waals surface area contributed by atoms with E-state index in [2.05, 4.69) is 35.3 Å². The Morgan fingerprint density at radius 1 is 1.18 bits per heavy atom. The first-order chi connectivity index (χ1) is 16.4. The van der Waals surface area contributed by atoms with Gasteiger partial charge in [0.1, 0.15) is 5.75 Å². The van der Waals surface area contributed by atoms with Gasteiger partial charge in [0, 0.05) is 30.1 Å². The van der Waals surface area contributed by atoms with E-state index in [9.17, 15) is 14.7 Å². The van der Waals surface area contributed by atoms with Gasteiger partial charge in [-0.15, -0.1) is 0 Å². The van der Waals surface area contributed by atoms with Crippen LogP contribution in [-0.2, 0) is 11.8 Å². The van der Waals surface area contributed by atoms with Gasteiger partial charge in [0.25, 0.3) is 5.91 Å². The zero-order valence-electron chi connectivity index (χ0n) is 20.0. The molecule has 5 rings (SSSR count). The van der Waals surface area contributed by atoms with Crippen LogP contribution in [0.25, 0.3) is 0 Å². The van der Waals surface area contributed by atoms with Crippen LogP contribution in [0.4, 0.5) is 0 Å². The molecule has 34 heavy (non-hydrogen) atoms. The van der Waals surface area contributed by atoms with E-state index >= 15 is 0 Å². The number of hydrogen-bond donors (Lipinski definition) is 2. The Morgan fingerprint density at radius 3 is 2.71 bits per heavy atom. The lowest BCUT2D eigenvalue weighted by Crippen LogP contribution is -2.60. The predicted molar refractivity (Wildman–Crippen MR) is 131 cm³/mol. The molecule has 0 unspecified atom stereocenters. The number of carbonyl (C=O) groups is 2. The van der Waals surface area contributed by atoms with Crippen molar-refractivity contribution in [1.82, 2.24) is 10.2 Å². The molecule has 1 saturated carbocycles. The summed E-state index contributed by atoms with van der Waals surface area (Å²) in [4.78, 5) is 26.8. The molecule has 6 heteroatoms. The molecule has 2 aliphatic carbocycles. The second-order valence-corrected chi connectivity index (χ2v) is 10.3. The summed E-state index contributed by atoms with van der Waals surface area (Å²) in [5.74, 6) is 0.985. The lowest BCUT2D eigenvalue weighted by Gasteiger charge is -2.56. The molecule has 2 aromatic rings. The van der Waals surface area contributed by atoms with Crippen molar-refractivity contribution in [2.45, 2.75) is 50.5 Å². The van der Waals surface area contributed by atoms with Crippen LogP contribution < -0.4 is 10.1 Å². The van der Waals surface area contributed by atoms with E-state index < -0.39 is 5.97 Å². The highest BCUT2D eigenvalue weighted by molar-refractivity contribution is 5.97. The minimum Gasteiger partial charge on any atom is -0.497 e. The number of aromatic carboxylic acids is 1. The van der Waals surface area contributed by atoms with E-state index in [0.29, 0.717) is 24.1 Å². The monoisotopic (exact) mass is 462 g/mol. The number of nitrogens with one attached hydrogen (secondary N) is 1. The standard InChI is InChI=1S/C28H34N2O4/c1-18-25-15-20-8-9-23(34-2)16-24(20)28(18,11-13-30(25)17-19-6-7-19)10-12-29-26(31)21-4-3-5-22(14-21)27(32)33/h3-5,8-9,14,16,18-19,25H,6-7,10-13,15,17H2,1-2H3,(H,29,31)(H,32,33)/t18-,25+,28-/m0/s1. The van der Waals surface area contributed by atoms with E-state index in [0.717, 1.165) is 37.5 Å². The number of fused-ring (bicyclic) bond motifs is 4. The molecule has 1 heterocycles. The molecule has 2 aromatic carbocycles. The Hall–Kier alpha value is -2.86. The summed E-state index contributed by atoms with van der Waals surface area (Å²) in [6.07, 6.45) is 5.73. The molecule has 1 amide bonds. The van der Waals surface area contributed by atoms with Crippen molar-refractivity contribution in [2.75, 3.05) is 26.7 Å². The highest BCUT2D eigenvalue weighted by Gasteiger charge is 2.51. The predicted octanol–water partition coefficient (Wildman–Crippen LogP) is 4.13. The maximum atomic E-state index is 12.8. The fraction of sp³-hybridized carbons (Fsp3) is 0.500. The summed E-state index contributed by atoms with van der Waals surface area (Å²) in [5.41, 5.74) is 3.28. The summed E-state index contributed by atoms with van der Waals surface area (Å²) in [7, 11) is 1.72. The SMILES string of the molecule is COc1ccc2c(c1)[C@@]1(CCNC(=O)c3cccc(C(=O)O)c3)CCN(CC3CC3)[C@H](C2)[C@@H]1C. The van der Waals surface area contributed by atoms with Gasteiger partial charge in [0.15, 0.2) is 0 Å². The van der Waals surface area contributed by atoms with Gasteiger partial charge < -0.3 is 15.2 Å². The third-order valence-corrected chi connectivity index (χ3v) is 8.46. The molecule has 180 valence electrons. The van der Waals surface area contributed by atoms with Gasteiger partial charge >= 0.3 is 5.97 Å². The smallest absolute Gasteiger partial charge is 0.335 e. The highest BCUT2D eigenvalue weighted by atomic mass is 16.5. The highest BCUT2D eigenvalue weighted by Crippen LogP contribution is 2.52. The van der Waals surface area contributed by atoms with E-state index in [-0.39, 0.29) is 16.9 Å². The average Bonchev–Trinajstić information content (AvgIpc) is 3.66. The minimum atomic E-state index is -1.03. The summed E-state index contributed by atoms with van der Waals surface area (Å²) >= 11 is 0. The summed E-state index contributed by atoms with van der Waals surface area (Å²) in [6.45, 7) is 5.25. The van der Waals surface area contributed by atoms with Crippen molar-refractivity contribution in [3.05, 3.63) is 64.7 Å². The largest absolute Gasteiger partial charge is 0.497 e. The molecule has 1 aliphatic heterocycles. The number of carboxylic acids is 1. The van der Waals surface area contributed by atoms with Crippen molar-refractivity contribution < 1.29 is 19.4 Å². The fourth-order valence-electron chi connectivity index (χ4n) is 6.30. The van der Waals surface area contributed by atoms with E-state index in [4.69, 9.17) is 4.74 Å². The molecule has 0 spiro atoms. The molecular weight excluding hydrogens is 428 g/mol. The van der Waals surface area contributed by atoms with Gasteiger partial charge in [-0.1, -0.05) is 19.1 Å². The molecular formula is C28H34N2O4. The van der Waals surface area contributed by atoms with Gasteiger partial charge in [-0.05, 0) is 91.9 Å². The maximum absolute atomic E-state index is 12.8. The molecule has 6 nitrogen and oxygen atoms in total. The number of methoxy groups -OCH3 is 1. The van der Waals surface area contributed by atoms with Crippen molar-refractivity contribution in [3.63, 3.8) is 0 Å². The van der Waals surface area contributed by atoms with Gasteiger partial charge in [-0.3, -0.25) is 9.69 Å². The van der Waals surface area contributed by atoms with Gasteiger partial charge in [-0.2, -0.15) is 0 Å². The van der Waals surface area contributed by atoms with E-state index in [1.54, 1.807) is 19.2 Å². The summed E-state index contributed by atoms with van der Waals surface area (Å²) < 4.78 is 5.58. The minimum absolute atomic E-state index is 0.0109. The van der Waals surface area contributed by atoms with E-state index in [1.165, 1.54) is 42.6 Å². The number of likely N-dealkylation sites (tertiary alicyclic amines) is 1. The molecule has 1 saturated heterocycles. The van der Waals surface area contributed by atoms with Crippen molar-refractivity contribution in [2.24, 2.45) is 11.8 Å². The Labute approximate surface area is 201 Å². The molecule has 3 atom stereocenters. The zero-order valence-corrected chi connectivity index (χ0v) is 20.0. The van der Waals surface area contributed by atoms with Crippen LogP contribution in [0.3, 0.4) is 0 Å². The van der Waals surface area contributed by atoms with Crippen LogP contribution in [0.1, 0.15) is 64.4 Å². The summed E-state index contributed by atoms with van der Waals surface area (Å²) in [6, 6.07) is 13.3. The van der Waals surface area contributed by atoms with Crippen LogP contribution >= 0.6 is 0 Å². The molecule has 2 N–H and O–H groups in total. The third-order valence-electron chi connectivity index (χ3n) is 8.46. The number of carbonyl (C=O) groups excluding carboxylic acids is 1. The van der Waals surface area contributed by atoms with Crippen LogP contribution in [0.15, 0.2) is 42.5 Å². The molecule has 0 radical (unpaired) electrons. The first-order valence-corrected chi connectivity index (χ1v) is 12.4. The number of benzene rings is 2. The Balaban J connectivity index is 1.37. The number of piperidine rings is 1. The van der Waals surface area contributed by atoms with Crippen molar-refractivity contribution in [3.8, 4) is 5.75 Å². The molecule has 3 aliphatic rings. The average molecular weight is 463 g/mol. The number of nitrogens with zero attached hydrogens (tertiary/aromatic N) is 1. The number of ether oxygens (including phenoxy) is 1. The van der Waals surface area contributed by atoms with Gasteiger partial charge in [0.05, 0.1) is 12.7 Å². The van der Waals surface area contributed by atoms with Gasteiger partial charge in [0.2, 0.25) is 0 Å². The van der Waals surface area contributed by atoms with Crippen molar-refractivity contribution in [1.29, 1.82) is 0 Å². The topological polar surface area (TPSA) is 78.9 Å². The van der Waals surface area contributed by atoms with Crippen LogP contribution in [0.5, 0.6) is 5.75 Å². The van der Waals surface area contributed by atoms with Gasteiger partial charge in [-0.25, -0.2) is 4.79 Å².